The Morgan fingerprint density at radius 3 is 2.86 bits per heavy atom. The molecule has 0 radical (unpaired) electrons. The Hall–Kier alpha value is -3.27. The van der Waals surface area contributed by atoms with Crippen LogP contribution in [0.1, 0.15) is 54.1 Å². The molecule has 2 aromatic heterocycles. The SMILES string of the molecule is Cn1cc(-c2cc3c(cc2C(F)F)N(c2nn(C4CCNC(=O)C4)c4c2CNCC4)CCC3)cn1. The number of anilines is 2. The quantitative estimate of drug-likeness (QED) is 0.597. The number of piperidine rings is 1. The number of carbonyl (C=O) groups excluding carboxylic acids is 1. The molecule has 1 aromatic carbocycles. The number of aryl methyl sites for hydroxylation is 2. The molecule has 10 heteroatoms. The van der Waals surface area contributed by atoms with E-state index in [1.54, 1.807) is 30.2 Å². The topological polar surface area (TPSA) is 80.0 Å². The van der Waals surface area contributed by atoms with E-state index in [0.717, 1.165) is 67.1 Å². The number of nitrogens with one attached hydrogen (secondary N) is 2. The third-order valence-electron chi connectivity index (χ3n) is 7.38. The second-order valence-corrected chi connectivity index (χ2v) is 9.64. The van der Waals surface area contributed by atoms with Crippen molar-refractivity contribution in [1.82, 2.24) is 30.2 Å². The molecule has 8 nitrogen and oxygen atoms in total. The summed E-state index contributed by atoms with van der Waals surface area (Å²) in [4.78, 5) is 14.2. The van der Waals surface area contributed by atoms with Gasteiger partial charge in [-0.25, -0.2) is 8.78 Å². The van der Waals surface area contributed by atoms with Crippen LogP contribution in [0.4, 0.5) is 20.3 Å². The summed E-state index contributed by atoms with van der Waals surface area (Å²) in [7, 11) is 1.79. The highest BCUT2D eigenvalue weighted by Gasteiger charge is 2.32. The molecule has 1 unspecified atom stereocenters. The van der Waals surface area contributed by atoms with Crippen LogP contribution in [0.5, 0.6) is 0 Å². The maximum absolute atomic E-state index is 14.3. The van der Waals surface area contributed by atoms with E-state index in [4.69, 9.17) is 5.10 Å². The standard InChI is InChI=1S/C25H29F2N7O/c1-32-14-16(12-30-32)18-9-15-3-2-8-33(22(15)11-19(18)24(26)27)25-20-13-28-6-5-21(20)34(31-25)17-4-7-29-23(35)10-17/h9,11-12,14,17,24,28H,2-8,10,13H2,1H3,(H,29,35). The van der Waals surface area contributed by atoms with Crippen molar-refractivity contribution in [3.8, 4) is 11.1 Å². The summed E-state index contributed by atoms with van der Waals surface area (Å²) < 4.78 is 32.2. The molecular formula is C25H29F2N7O. The number of benzene rings is 1. The largest absolute Gasteiger partial charge is 0.356 e. The van der Waals surface area contributed by atoms with Gasteiger partial charge in [0.2, 0.25) is 5.91 Å². The van der Waals surface area contributed by atoms with Gasteiger partial charge in [-0.15, -0.1) is 0 Å². The lowest BCUT2D eigenvalue weighted by atomic mass is 9.93. The Morgan fingerprint density at radius 2 is 2.09 bits per heavy atom. The van der Waals surface area contributed by atoms with Gasteiger partial charge in [-0.1, -0.05) is 0 Å². The van der Waals surface area contributed by atoms with Gasteiger partial charge in [-0.2, -0.15) is 10.2 Å². The first-order valence-electron chi connectivity index (χ1n) is 12.3. The summed E-state index contributed by atoms with van der Waals surface area (Å²) in [6, 6.07) is 3.59. The van der Waals surface area contributed by atoms with Crippen molar-refractivity contribution in [2.75, 3.05) is 24.5 Å². The monoisotopic (exact) mass is 481 g/mol. The molecule has 0 saturated carbocycles. The number of halogens is 2. The predicted octanol–water partition coefficient (Wildman–Crippen LogP) is 3.40. The molecule has 1 saturated heterocycles. The molecule has 1 amide bonds. The molecule has 3 aliphatic heterocycles. The number of aromatic nitrogens is 4. The lowest BCUT2D eigenvalue weighted by Crippen LogP contribution is -2.36. The van der Waals surface area contributed by atoms with Crippen LogP contribution in [-0.2, 0) is 31.2 Å². The van der Waals surface area contributed by atoms with Gasteiger partial charge in [0.05, 0.1) is 12.2 Å². The molecule has 6 rings (SSSR count). The van der Waals surface area contributed by atoms with Gasteiger partial charge < -0.3 is 15.5 Å². The summed E-state index contributed by atoms with van der Waals surface area (Å²) >= 11 is 0. The molecule has 5 heterocycles. The van der Waals surface area contributed by atoms with Crippen LogP contribution in [0.15, 0.2) is 24.5 Å². The van der Waals surface area contributed by atoms with Crippen molar-refractivity contribution in [2.24, 2.45) is 7.05 Å². The Kier molecular flexibility index (Phi) is 5.55. The number of alkyl halides is 2. The van der Waals surface area contributed by atoms with Crippen molar-refractivity contribution in [2.45, 2.75) is 51.1 Å². The molecule has 35 heavy (non-hydrogen) atoms. The highest BCUT2D eigenvalue weighted by molar-refractivity contribution is 5.78. The normalized spacial score (nSPS) is 20.1. The molecule has 1 fully saturated rings. The molecule has 184 valence electrons. The van der Waals surface area contributed by atoms with Crippen LogP contribution in [0.25, 0.3) is 11.1 Å². The van der Waals surface area contributed by atoms with E-state index in [1.807, 2.05) is 6.07 Å². The van der Waals surface area contributed by atoms with E-state index in [1.165, 1.54) is 0 Å². The number of hydrogen-bond acceptors (Lipinski definition) is 5. The van der Waals surface area contributed by atoms with E-state index in [2.05, 4.69) is 25.3 Å². The average molecular weight is 482 g/mol. The van der Waals surface area contributed by atoms with Crippen molar-refractivity contribution in [3.63, 3.8) is 0 Å². The van der Waals surface area contributed by atoms with Gasteiger partial charge in [-0.05, 0) is 42.5 Å². The summed E-state index contributed by atoms with van der Waals surface area (Å²) in [6.07, 6.45) is 4.64. The van der Waals surface area contributed by atoms with E-state index in [-0.39, 0.29) is 17.5 Å². The number of fused-ring (bicyclic) bond motifs is 2. The van der Waals surface area contributed by atoms with Crippen LogP contribution in [0.2, 0.25) is 0 Å². The smallest absolute Gasteiger partial charge is 0.264 e. The van der Waals surface area contributed by atoms with E-state index in [9.17, 15) is 13.6 Å². The summed E-state index contributed by atoms with van der Waals surface area (Å²) in [5, 5.41) is 15.6. The minimum absolute atomic E-state index is 0.0130. The fourth-order valence-electron chi connectivity index (χ4n) is 5.71. The van der Waals surface area contributed by atoms with Crippen LogP contribution >= 0.6 is 0 Å². The first-order valence-corrected chi connectivity index (χ1v) is 12.3. The Bertz CT molecular complexity index is 1280. The van der Waals surface area contributed by atoms with Gasteiger partial charge in [0.25, 0.3) is 6.43 Å². The zero-order chi connectivity index (χ0) is 24.1. The molecule has 3 aliphatic rings. The highest BCUT2D eigenvalue weighted by atomic mass is 19.3. The zero-order valence-electron chi connectivity index (χ0n) is 19.7. The fourth-order valence-corrected chi connectivity index (χ4v) is 5.71. The minimum atomic E-state index is -2.60. The second kappa shape index (κ2) is 8.75. The molecule has 0 aliphatic carbocycles. The van der Waals surface area contributed by atoms with Crippen molar-refractivity contribution in [3.05, 3.63) is 46.9 Å². The third kappa shape index (κ3) is 3.89. The average Bonchev–Trinajstić information content (AvgIpc) is 3.47. The van der Waals surface area contributed by atoms with Crippen LogP contribution in [-0.4, -0.2) is 45.1 Å². The molecular weight excluding hydrogens is 452 g/mol. The van der Waals surface area contributed by atoms with Gasteiger partial charge in [-0.3, -0.25) is 14.2 Å². The third-order valence-corrected chi connectivity index (χ3v) is 7.38. The van der Waals surface area contributed by atoms with E-state index in [0.29, 0.717) is 30.6 Å². The minimum Gasteiger partial charge on any atom is -0.356 e. The maximum Gasteiger partial charge on any atom is 0.264 e. The molecule has 1 atom stereocenters. The number of amides is 1. The highest BCUT2D eigenvalue weighted by Crippen LogP contribution is 2.43. The number of hydrogen-bond donors (Lipinski definition) is 2. The van der Waals surface area contributed by atoms with Crippen molar-refractivity contribution in [1.29, 1.82) is 0 Å². The molecule has 3 aromatic rings. The van der Waals surface area contributed by atoms with Gasteiger partial charge in [0.1, 0.15) is 0 Å². The van der Waals surface area contributed by atoms with Crippen molar-refractivity contribution >= 4 is 17.4 Å². The number of nitrogens with zero attached hydrogens (tertiary/aromatic N) is 5. The summed E-state index contributed by atoms with van der Waals surface area (Å²) in [5.74, 6) is 0.877. The Balaban J connectivity index is 1.46. The lowest BCUT2D eigenvalue weighted by Gasteiger charge is -2.32. The van der Waals surface area contributed by atoms with Crippen molar-refractivity contribution < 1.29 is 13.6 Å². The summed E-state index contributed by atoms with van der Waals surface area (Å²) in [6.45, 7) is 2.91. The van der Waals surface area contributed by atoms with Gasteiger partial charge >= 0.3 is 0 Å². The van der Waals surface area contributed by atoms with Crippen LogP contribution in [0.3, 0.4) is 0 Å². The first kappa shape index (κ1) is 22.2. The molecule has 0 bridgehead atoms. The molecule has 0 spiro atoms. The first-order chi connectivity index (χ1) is 17.0. The number of carbonyl (C=O) groups is 1. The van der Waals surface area contributed by atoms with Crippen LogP contribution in [0, 0.1) is 0 Å². The molecule has 2 N–H and O–H groups in total. The van der Waals surface area contributed by atoms with Crippen LogP contribution < -0.4 is 15.5 Å². The Morgan fingerprint density at radius 1 is 1.20 bits per heavy atom. The van der Waals surface area contributed by atoms with Gasteiger partial charge in [0, 0.05) is 80.3 Å². The van der Waals surface area contributed by atoms with E-state index < -0.39 is 6.43 Å². The second-order valence-electron chi connectivity index (χ2n) is 9.64. The predicted molar refractivity (Wildman–Crippen MR) is 128 cm³/mol. The fraction of sp³-hybridized carbons (Fsp3) is 0.480. The number of rotatable bonds is 4. The van der Waals surface area contributed by atoms with E-state index >= 15 is 0 Å². The zero-order valence-corrected chi connectivity index (χ0v) is 19.7. The summed E-state index contributed by atoms with van der Waals surface area (Å²) in [5.41, 5.74) is 5.37. The lowest BCUT2D eigenvalue weighted by molar-refractivity contribution is -0.123. The maximum atomic E-state index is 14.3. The Labute approximate surface area is 202 Å². The van der Waals surface area contributed by atoms with Gasteiger partial charge in [0.15, 0.2) is 5.82 Å².